The van der Waals surface area contributed by atoms with E-state index in [1.807, 2.05) is 0 Å². The Balaban J connectivity index is 0.999. The molecule has 25 heteroatoms. The number of carbonyl (C=O) groups is 4. The topological polar surface area (TPSA) is 214 Å². The molecule has 6 aromatic rings. The molecule has 4 aromatic carbocycles. The van der Waals surface area contributed by atoms with Gasteiger partial charge in [-0.2, -0.15) is 0 Å². The summed E-state index contributed by atoms with van der Waals surface area (Å²) in [7, 11) is 3.94. The van der Waals surface area contributed by atoms with Crippen molar-refractivity contribution < 1.29 is 64.8 Å². The first-order chi connectivity index (χ1) is 38.4. The number of hydrogen-bond donors (Lipinski definition) is 5. The van der Waals surface area contributed by atoms with E-state index in [1.165, 1.54) is 60.3 Å². The molecule has 4 saturated heterocycles. The number of aromatic amines is 2. The van der Waals surface area contributed by atoms with Crippen LogP contribution in [0.4, 0.5) is 53.0 Å². The Labute approximate surface area is 455 Å². The van der Waals surface area contributed by atoms with Crippen molar-refractivity contribution in [3.63, 3.8) is 0 Å². The van der Waals surface area contributed by atoms with Gasteiger partial charge in [-0.15, -0.1) is 0 Å². The van der Waals surface area contributed by atoms with E-state index in [4.69, 9.17) is 19.2 Å². The monoisotopic (exact) mass is 1120 g/mol. The lowest BCUT2D eigenvalue weighted by atomic mass is 10.0. The maximum Gasteiger partial charge on any atom is 0.407 e. The fourth-order valence-corrected chi connectivity index (χ4v) is 12.0. The van der Waals surface area contributed by atoms with Gasteiger partial charge in [0.1, 0.15) is 58.4 Å². The Hall–Kier alpha value is -7.80. The highest BCUT2D eigenvalue weighted by atomic mass is 19.2. The number of imidazole rings is 2. The van der Waals surface area contributed by atoms with Gasteiger partial charge in [-0.05, 0) is 88.8 Å². The van der Waals surface area contributed by atoms with Crippen LogP contribution in [0.3, 0.4) is 0 Å². The number of ether oxygens (including phenoxy) is 3. The highest BCUT2D eigenvalue weighted by Gasteiger charge is 2.43. The summed E-state index contributed by atoms with van der Waals surface area (Å²) in [6.45, 7) is 3.91. The highest BCUT2D eigenvalue weighted by Crippen LogP contribution is 2.50. The van der Waals surface area contributed by atoms with Gasteiger partial charge in [-0.1, -0.05) is 6.07 Å². The van der Waals surface area contributed by atoms with E-state index >= 15 is 17.6 Å². The van der Waals surface area contributed by atoms with E-state index in [2.05, 4.69) is 25.6 Å². The standard InChI is InChI=1S/C55H61F6N11O8/c1-27(78-3)46(66-54(75)76)52(73)70-15-7-11-44(70)50-62-38-23-30(34(58)25-40(38)64-50)42-13-14-43(72(42)29-21-36(60)49(37(61)22-29)69-19-17-68(18-20-69)48-32(56)9-6-10-33(48)57)31-24-39-41(26-35(31)59)65-51(63-39)45-12-8-16-71(45)53(74)47(28(2)79-4)67-55(77)80-5/h6,9-10,21-28,42-47,66H,7-8,11-20H2,1-5H3,(H,62,64)(H,63,65)(H,67,77)(H,75,76)/t27-,28-,42-,43-,44+,45+,46+,47+/m1/s1. The predicted octanol–water partition coefficient (Wildman–Crippen LogP) is 8.44. The number of hydrogen-bond acceptors (Lipinski definition) is 12. The van der Waals surface area contributed by atoms with Crippen molar-refractivity contribution in [3.05, 3.63) is 112 Å². The molecule has 5 N–H and O–H groups in total. The van der Waals surface area contributed by atoms with Gasteiger partial charge in [0.25, 0.3) is 0 Å². The van der Waals surface area contributed by atoms with Crippen LogP contribution >= 0.6 is 0 Å². The molecule has 80 heavy (non-hydrogen) atoms. The summed E-state index contributed by atoms with van der Waals surface area (Å²) in [6, 6.07) is 5.79. The fourth-order valence-electron chi connectivity index (χ4n) is 12.0. The molecule has 6 heterocycles. The van der Waals surface area contributed by atoms with Crippen molar-refractivity contribution in [2.24, 2.45) is 0 Å². The number of fused-ring (bicyclic) bond motifs is 2. The smallest absolute Gasteiger partial charge is 0.407 e. The quantitative estimate of drug-likeness (QED) is 0.0612. The number of halogens is 6. The number of carboxylic acid groups (broad SMARTS) is 1. The zero-order valence-corrected chi connectivity index (χ0v) is 44.5. The summed E-state index contributed by atoms with van der Waals surface area (Å²) >= 11 is 0. The molecule has 10 rings (SSSR count). The number of H-pyrrole nitrogens is 2. The van der Waals surface area contributed by atoms with E-state index in [0.29, 0.717) is 54.9 Å². The van der Waals surface area contributed by atoms with Gasteiger partial charge in [0.05, 0.1) is 65.6 Å². The van der Waals surface area contributed by atoms with Gasteiger partial charge in [-0.3, -0.25) is 9.59 Å². The lowest BCUT2D eigenvalue weighted by Crippen LogP contribution is -2.54. The number of rotatable bonds is 15. The Bertz CT molecular complexity index is 3300. The average molecular weight is 1120 g/mol. The van der Waals surface area contributed by atoms with Crippen molar-refractivity contribution in [2.75, 3.05) is 75.3 Å². The number of amides is 4. The second-order valence-corrected chi connectivity index (χ2v) is 20.6. The van der Waals surface area contributed by atoms with Crippen molar-refractivity contribution in [1.82, 2.24) is 40.4 Å². The van der Waals surface area contributed by atoms with E-state index in [-0.39, 0.29) is 84.8 Å². The van der Waals surface area contributed by atoms with Crippen LogP contribution in [0.25, 0.3) is 22.1 Å². The number of methoxy groups -OCH3 is 3. The number of nitrogens with one attached hydrogen (secondary N) is 4. The molecule has 0 saturated carbocycles. The number of carbonyl (C=O) groups excluding carboxylic acids is 3. The Morgan fingerprint density at radius 2 is 1.02 bits per heavy atom. The molecule has 2 aromatic heterocycles. The summed E-state index contributed by atoms with van der Waals surface area (Å²) in [4.78, 5) is 75.4. The molecular weight excluding hydrogens is 1060 g/mol. The van der Waals surface area contributed by atoms with Gasteiger partial charge < -0.3 is 64.4 Å². The van der Waals surface area contributed by atoms with Crippen LogP contribution in [0.1, 0.15) is 99.3 Å². The number of benzene rings is 4. The van der Waals surface area contributed by atoms with Gasteiger partial charge >= 0.3 is 12.2 Å². The first-order valence-corrected chi connectivity index (χ1v) is 26.5. The maximum atomic E-state index is 17.0. The Morgan fingerprint density at radius 1 is 0.588 bits per heavy atom. The van der Waals surface area contributed by atoms with Gasteiger partial charge in [0.15, 0.2) is 11.6 Å². The zero-order chi connectivity index (χ0) is 56.8. The molecule has 4 aliphatic heterocycles. The molecule has 0 bridgehead atoms. The van der Waals surface area contributed by atoms with Crippen LogP contribution in [-0.4, -0.2) is 144 Å². The van der Waals surface area contributed by atoms with Crippen LogP contribution in [0.15, 0.2) is 54.6 Å². The van der Waals surface area contributed by atoms with Gasteiger partial charge in [-0.25, -0.2) is 45.9 Å². The molecule has 19 nitrogen and oxygen atoms in total. The van der Waals surface area contributed by atoms with Crippen LogP contribution in [0.5, 0.6) is 0 Å². The van der Waals surface area contributed by atoms with Crippen LogP contribution in [-0.2, 0) is 23.8 Å². The third-order valence-corrected chi connectivity index (χ3v) is 16.1. The van der Waals surface area contributed by atoms with Crippen molar-refractivity contribution in [3.8, 4) is 0 Å². The van der Waals surface area contributed by atoms with Crippen molar-refractivity contribution in [1.29, 1.82) is 0 Å². The molecule has 426 valence electrons. The molecule has 4 amide bonds. The van der Waals surface area contributed by atoms with E-state index in [0.717, 1.165) is 24.3 Å². The predicted molar refractivity (Wildman–Crippen MR) is 281 cm³/mol. The third kappa shape index (κ3) is 10.5. The second kappa shape index (κ2) is 22.7. The summed E-state index contributed by atoms with van der Waals surface area (Å²) < 4.78 is 113. The minimum atomic E-state index is -1.41. The highest BCUT2D eigenvalue weighted by molar-refractivity contribution is 5.88. The molecule has 8 atom stereocenters. The molecule has 0 unspecified atom stereocenters. The summed E-state index contributed by atoms with van der Waals surface area (Å²) in [6.07, 6.45) is -1.34. The van der Waals surface area contributed by atoms with Gasteiger partial charge in [0.2, 0.25) is 11.8 Å². The SMILES string of the molecule is COC(=O)N[C@H](C(=O)N1CCC[C@H]1c1nc2cc(F)c([C@H]3CC[C@H](c4cc5[nH]c([C@@H]6CCCN6C(=O)[C@@H](NC(=O)O)[C@@H](C)OC)nc5cc4F)N3c3cc(F)c(N4CCN(c5c(F)cccc5F)CC4)c(F)c3)cc2[nH]1)[C@@H](C)OC. The van der Waals surface area contributed by atoms with Crippen LogP contribution < -0.4 is 25.3 Å². The maximum absolute atomic E-state index is 17.0. The molecule has 0 radical (unpaired) electrons. The van der Waals surface area contributed by atoms with Crippen LogP contribution in [0, 0.1) is 34.9 Å². The molecule has 0 aliphatic carbocycles. The average Bonchev–Trinajstić information content (AvgIpc) is 4.31. The Morgan fingerprint density at radius 3 is 1.45 bits per heavy atom. The largest absolute Gasteiger partial charge is 0.465 e. The second-order valence-electron chi connectivity index (χ2n) is 20.6. The normalized spacial score (nSPS) is 21.1. The number of piperazine rings is 1. The minimum absolute atomic E-state index is 0.00753. The van der Waals surface area contributed by atoms with E-state index in [9.17, 15) is 33.1 Å². The van der Waals surface area contributed by atoms with Gasteiger partial charge in [0, 0.05) is 82.4 Å². The number of nitrogens with zero attached hydrogens (tertiary/aromatic N) is 7. The first-order valence-electron chi connectivity index (χ1n) is 26.5. The van der Waals surface area contributed by atoms with Crippen LogP contribution in [0.2, 0.25) is 0 Å². The lowest BCUT2D eigenvalue weighted by molar-refractivity contribution is -0.138. The number of alkyl carbamates (subject to hydrolysis) is 1. The number of aromatic nitrogens is 4. The summed E-state index contributed by atoms with van der Waals surface area (Å²) in [5, 5.41) is 14.3. The van der Waals surface area contributed by atoms with Crippen molar-refractivity contribution in [2.45, 2.75) is 101 Å². The first kappa shape index (κ1) is 55.5. The summed E-state index contributed by atoms with van der Waals surface area (Å²) in [5.74, 6) is -5.22. The number of anilines is 3. The molecule has 4 aliphatic rings. The summed E-state index contributed by atoms with van der Waals surface area (Å²) in [5.41, 5.74) is 0.735. The molecule has 4 fully saturated rings. The lowest BCUT2D eigenvalue weighted by Gasteiger charge is -2.38. The number of para-hydroxylation sites is 1. The van der Waals surface area contributed by atoms with E-state index < -0.39 is 107 Å². The molecule has 0 spiro atoms. The zero-order valence-electron chi connectivity index (χ0n) is 44.5. The fraction of sp³-hybridized carbons (Fsp3) is 0.455. The molecular formula is C55H61F6N11O8. The Kier molecular flexibility index (Phi) is 15.8. The third-order valence-electron chi connectivity index (χ3n) is 16.1. The minimum Gasteiger partial charge on any atom is -0.465 e. The van der Waals surface area contributed by atoms with E-state index in [1.54, 1.807) is 29.7 Å². The van der Waals surface area contributed by atoms with Crippen molar-refractivity contribution >= 4 is 63.1 Å². The number of likely N-dealkylation sites (tertiary alicyclic amines) is 2.